The molecule has 1 N–H and O–H groups in total. The van der Waals surface area contributed by atoms with Crippen LogP contribution in [0, 0.1) is 0 Å². The van der Waals surface area contributed by atoms with Crippen LogP contribution in [0.2, 0.25) is 0 Å². The quantitative estimate of drug-likeness (QED) is 0.0768. The van der Waals surface area contributed by atoms with Gasteiger partial charge in [-0.1, -0.05) is 122 Å². The van der Waals surface area contributed by atoms with Crippen molar-refractivity contribution in [2.75, 3.05) is 34.3 Å². The van der Waals surface area contributed by atoms with E-state index in [1.165, 1.54) is 103 Å². The number of phosphoric ester groups is 1. The maximum absolute atomic E-state index is 11.8. The summed E-state index contributed by atoms with van der Waals surface area (Å²) in [6.07, 6.45) is 24.9. The van der Waals surface area contributed by atoms with Crippen LogP contribution < -0.4 is 0 Å². The van der Waals surface area contributed by atoms with Gasteiger partial charge in [0, 0.05) is 6.42 Å². The molecule has 0 aromatic heterocycles. The number of hydrogen-bond acceptors (Lipinski definition) is 4. The molecule has 34 heavy (non-hydrogen) atoms. The first-order valence-corrected chi connectivity index (χ1v) is 15.7. The summed E-state index contributed by atoms with van der Waals surface area (Å²) < 4.78 is 21.9. The first kappa shape index (κ1) is 33.6. The highest BCUT2D eigenvalue weighted by Crippen LogP contribution is 2.43. The summed E-state index contributed by atoms with van der Waals surface area (Å²) in [4.78, 5) is 21.4. The number of phosphoric acid groups is 1. The number of carbonyl (C=O) groups is 1. The Bertz CT molecular complexity index is 522. The van der Waals surface area contributed by atoms with E-state index in [2.05, 4.69) is 11.4 Å². The van der Waals surface area contributed by atoms with Gasteiger partial charge in [-0.05, 0) is 6.42 Å². The molecule has 0 radical (unpaired) electrons. The monoisotopic (exact) mass is 506 g/mol. The zero-order valence-corrected chi connectivity index (χ0v) is 23.9. The van der Waals surface area contributed by atoms with Crippen molar-refractivity contribution >= 4 is 13.8 Å². The van der Waals surface area contributed by atoms with E-state index in [1.807, 2.05) is 21.1 Å². The maximum atomic E-state index is 11.8. The average molecular weight is 507 g/mol. The SMILES string of the molecule is CCCCCCCCCCCCCCCCCCCCCC(=O)OP(=O)(O)OCC[N+](C)(C)C. The molecule has 7 heteroatoms. The van der Waals surface area contributed by atoms with Crippen LogP contribution in [0.25, 0.3) is 0 Å². The molecule has 0 bridgehead atoms. The number of carbonyl (C=O) groups excluding carboxylic acids is 1. The molecular weight excluding hydrogens is 449 g/mol. The molecule has 6 nitrogen and oxygen atoms in total. The van der Waals surface area contributed by atoms with Gasteiger partial charge in [0.1, 0.15) is 13.2 Å². The zero-order chi connectivity index (χ0) is 25.5. The van der Waals surface area contributed by atoms with E-state index < -0.39 is 13.8 Å². The van der Waals surface area contributed by atoms with Gasteiger partial charge < -0.3 is 9.01 Å². The second-order valence-corrected chi connectivity index (χ2v) is 12.3. The molecule has 0 saturated heterocycles. The second-order valence-electron chi connectivity index (χ2n) is 10.9. The third kappa shape index (κ3) is 26.2. The van der Waals surface area contributed by atoms with Gasteiger partial charge in [-0.25, -0.2) is 4.57 Å². The van der Waals surface area contributed by atoms with Crippen LogP contribution in [0.4, 0.5) is 0 Å². The predicted molar refractivity (Wildman–Crippen MR) is 143 cm³/mol. The largest absolute Gasteiger partial charge is 0.529 e. The Kier molecular flexibility index (Phi) is 21.6. The van der Waals surface area contributed by atoms with Gasteiger partial charge >= 0.3 is 13.8 Å². The molecule has 1 atom stereocenters. The van der Waals surface area contributed by atoms with Crippen LogP contribution in [-0.2, 0) is 18.4 Å². The summed E-state index contributed by atoms with van der Waals surface area (Å²) in [5.74, 6) is -0.650. The van der Waals surface area contributed by atoms with E-state index in [4.69, 9.17) is 4.52 Å². The minimum atomic E-state index is -4.29. The van der Waals surface area contributed by atoms with E-state index in [0.717, 1.165) is 12.8 Å². The minimum absolute atomic E-state index is 0.0732. The van der Waals surface area contributed by atoms with Gasteiger partial charge in [0.25, 0.3) is 0 Å². The zero-order valence-electron chi connectivity index (χ0n) is 23.0. The Hall–Kier alpha value is -0.420. The lowest BCUT2D eigenvalue weighted by Crippen LogP contribution is -2.37. The smallest absolute Gasteiger partial charge is 0.371 e. The summed E-state index contributed by atoms with van der Waals surface area (Å²) >= 11 is 0. The lowest BCUT2D eigenvalue weighted by Gasteiger charge is -2.23. The molecule has 0 spiro atoms. The van der Waals surface area contributed by atoms with Crippen molar-refractivity contribution in [2.45, 2.75) is 135 Å². The van der Waals surface area contributed by atoms with Gasteiger partial charge in [-0.3, -0.25) is 14.2 Å². The van der Waals surface area contributed by atoms with Crippen LogP contribution in [0.3, 0.4) is 0 Å². The Morgan fingerprint density at radius 3 is 1.38 bits per heavy atom. The molecule has 0 aliphatic rings. The first-order valence-electron chi connectivity index (χ1n) is 14.2. The lowest BCUT2D eigenvalue weighted by molar-refractivity contribution is -0.870. The molecular formula is C27H57NO5P+. The summed E-state index contributed by atoms with van der Waals surface area (Å²) in [7, 11) is 1.58. The molecule has 0 aliphatic carbocycles. The van der Waals surface area contributed by atoms with E-state index in [1.54, 1.807) is 0 Å². The minimum Gasteiger partial charge on any atom is -0.371 e. The third-order valence-electron chi connectivity index (χ3n) is 6.22. The second kappa shape index (κ2) is 21.8. The number of unbranched alkanes of at least 4 members (excludes halogenated alkanes) is 18. The van der Waals surface area contributed by atoms with Crippen molar-refractivity contribution < 1.29 is 27.8 Å². The molecule has 204 valence electrons. The fourth-order valence-corrected chi connectivity index (χ4v) is 4.69. The fraction of sp³-hybridized carbons (Fsp3) is 0.963. The topological polar surface area (TPSA) is 72.8 Å². The number of hydrogen-bond donors (Lipinski definition) is 1. The highest BCUT2D eigenvalue weighted by molar-refractivity contribution is 7.48. The van der Waals surface area contributed by atoms with Crippen molar-refractivity contribution in [3.63, 3.8) is 0 Å². The fourth-order valence-electron chi connectivity index (χ4n) is 3.98. The molecule has 0 amide bonds. The third-order valence-corrected chi connectivity index (χ3v) is 7.16. The van der Waals surface area contributed by atoms with Crippen LogP contribution in [0.5, 0.6) is 0 Å². The number of likely N-dealkylation sites (N-methyl/N-ethyl adjacent to an activating group) is 1. The molecule has 0 aromatic rings. The Labute approximate surface area is 211 Å². The molecule has 0 saturated carbocycles. The normalized spacial score (nSPS) is 13.7. The van der Waals surface area contributed by atoms with Crippen LogP contribution in [0.1, 0.15) is 135 Å². The maximum Gasteiger partial charge on any atom is 0.529 e. The lowest BCUT2D eigenvalue weighted by atomic mass is 10.0. The average Bonchev–Trinajstić information content (AvgIpc) is 2.74. The Morgan fingerprint density at radius 2 is 1.03 bits per heavy atom. The highest BCUT2D eigenvalue weighted by Gasteiger charge is 2.26. The predicted octanol–water partition coefficient (Wildman–Crippen LogP) is 8.17. The van der Waals surface area contributed by atoms with Gasteiger partial charge in [0.15, 0.2) is 0 Å². The van der Waals surface area contributed by atoms with Crippen molar-refractivity contribution in [3.8, 4) is 0 Å². The van der Waals surface area contributed by atoms with Gasteiger partial charge in [-0.2, -0.15) is 0 Å². The van der Waals surface area contributed by atoms with Gasteiger partial charge in [0.05, 0.1) is 21.1 Å². The van der Waals surface area contributed by atoms with Crippen molar-refractivity contribution in [1.29, 1.82) is 0 Å². The van der Waals surface area contributed by atoms with Gasteiger partial charge in [-0.15, -0.1) is 0 Å². The molecule has 0 aromatic carbocycles. The summed E-state index contributed by atoms with van der Waals surface area (Å²) in [5.41, 5.74) is 0. The molecule has 1 unspecified atom stereocenters. The molecule has 0 rings (SSSR count). The molecule has 0 heterocycles. The molecule has 0 aliphatic heterocycles. The Balaban J connectivity index is 3.37. The van der Waals surface area contributed by atoms with E-state index >= 15 is 0 Å². The van der Waals surface area contributed by atoms with Gasteiger partial charge in [0.2, 0.25) is 0 Å². The van der Waals surface area contributed by atoms with Crippen molar-refractivity contribution in [2.24, 2.45) is 0 Å². The number of quaternary nitrogens is 1. The standard InChI is InChI=1S/C27H56NO5P/c1-5-6-7-8-9-10-11-12-13-14-15-16-17-18-19-20-21-22-23-24-27(29)33-34(30,31)32-26-25-28(2,3)4/h5-26H2,1-4H3/p+1. The van der Waals surface area contributed by atoms with Crippen LogP contribution in [0.15, 0.2) is 0 Å². The van der Waals surface area contributed by atoms with E-state index in [9.17, 15) is 14.3 Å². The van der Waals surface area contributed by atoms with E-state index in [0.29, 0.717) is 17.4 Å². The highest BCUT2D eigenvalue weighted by atomic mass is 31.2. The van der Waals surface area contributed by atoms with Crippen LogP contribution >= 0.6 is 7.82 Å². The van der Waals surface area contributed by atoms with Crippen LogP contribution in [-0.4, -0.2) is 49.6 Å². The number of rotatable bonds is 25. The first-order chi connectivity index (χ1) is 16.2. The molecule has 0 fully saturated rings. The Morgan fingerprint density at radius 1 is 0.676 bits per heavy atom. The van der Waals surface area contributed by atoms with Crippen molar-refractivity contribution in [1.82, 2.24) is 0 Å². The number of nitrogens with zero attached hydrogens (tertiary/aromatic N) is 1. The summed E-state index contributed by atoms with van der Waals surface area (Å²) in [5, 5.41) is 0. The summed E-state index contributed by atoms with van der Waals surface area (Å²) in [6.45, 7) is 2.91. The van der Waals surface area contributed by atoms with E-state index in [-0.39, 0.29) is 13.0 Å². The summed E-state index contributed by atoms with van der Waals surface area (Å²) in [6, 6.07) is 0. The van der Waals surface area contributed by atoms with Crippen molar-refractivity contribution in [3.05, 3.63) is 0 Å².